The van der Waals surface area contributed by atoms with Gasteiger partial charge in [-0.05, 0) is 18.6 Å². The van der Waals surface area contributed by atoms with E-state index in [1.54, 1.807) is 26.2 Å². The number of rotatable bonds is 8. The minimum absolute atomic E-state index is 0.377. The van der Waals surface area contributed by atoms with Gasteiger partial charge in [-0.2, -0.15) is 0 Å². The molecule has 6 heteroatoms. The molecule has 0 fully saturated rings. The van der Waals surface area contributed by atoms with E-state index in [0.717, 1.165) is 36.9 Å². The SMILES string of the molecule is CCCCN(CCBr)c1ccccc1S(=O)(=O)N(C)C. The van der Waals surface area contributed by atoms with Crippen LogP contribution in [0.25, 0.3) is 0 Å². The highest BCUT2D eigenvalue weighted by molar-refractivity contribution is 9.09. The molecule has 0 aliphatic heterocycles. The third-order valence-electron chi connectivity index (χ3n) is 3.10. The molecule has 1 aromatic carbocycles. The fraction of sp³-hybridized carbons (Fsp3) is 0.571. The molecule has 0 atom stereocenters. The normalized spacial score (nSPS) is 11.8. The monoisotopic (exact) mass is 362 g/mol. The van der Waals surface area contributed by atoms with E-state index in [9.17, 15) is 8.42 Å². The second-order valence-corrected chi connectivity index (χ2v) is 7.70. The van der Waals surface area contributed by atoms with Gasteiger partial charge in [-0.15, -0.1) is 0 Å². The van der Waals surface area contributed by atoms with Crippen LogP contribution in [0.15, 0.2) is 29.2 Å². The van der Waals surface area contributed by atoms with Crippen LogP contribution in [0.3, 0.4) is 0 Å². The van der Waals surface area contributed by atoms with Gasteiger partial charge >= 0.3 is 0 Å². The molecule has 114 valence electrons. The van der Waals surface area contributed by atoms with Crippen molar-refractivity contribution in [2.75, 3.05) is 37.4 Å². The molecule has 0 saturated carbocycles. The molecule has 0 spiro atoms. The lowest BCUT2D eigenvalue weighted by Crippen LogP contribution is -2.30. The average molecular weight is 363 g/mol. The fourth-order valence-electron chi connectivity index (χ4n) is 1.94. The van der Waals surface area contributed by atoms with Gasteiger partial charge in [0.25, 0.3) is 0 Å². The molecule has 0 aromatic heterocycles. The van der Waals surface area contributed by atoms with E-state index in [-0.39, 0.29) is 0 Å². The molecule has 0 saturated heterocycles. The van der Waals surface area contributed by atoms with E-state index in [0.29, 0.717) is 4.90 Å². The van der Waals surface area contributed by atoms with Crippen LogP contribution < -0.4 is 4.90 Å². The Balaban J connectivity index is 3.22. The Labute approximate surface area is 130 Å². The summed E-state index contributed by atoms with van der Waals surface area (Å²) in [6.45, 7) is 3.79. The summed E-state index contributed by atoms with van der Waals surface area (Å²) in [6, 6.07) is 7.22. The van der Waals surface area contributed by atoms with Gasteiger partial charge in [-0.3, -0.25) is 0 Å². The van der Waals surface area contributed by atoms with Crippen LogP contribution in [0.2, 0.25) is 0 Å². The number of anilines is 1. The van der Waals surface area contributed by atoms with E-state index >= 15 is 0 Å². The summed E-state index contributed by atoms with van der Waals surface area (Å²) in [5.41, 5.74) is 0.786. The van der Waals surface area contributed by atoms with Gasteiger partial charge in [0.15, 0.2) is 0 Å². The quantitative estimate of drug-likeness (QED) is 0.667. The van der Waals surface area contributed by atoms with Crippen LogP contribution in [-0.4, -0.2) is 45.2 Å². The van der Waals surface area contributed by atoms with Crippen molar-refractivity contribution in [3.8, 4) is 0 Å². The Bertz CT molecular complexity index is 518. The van der Waals surface area contributed by atoms with Crippen molar-refractivity contribution in [3.05, 3.63) is 24.3 Å². The molecule has 0 unspecified atom stereocenters. The van der Waals surface area contributed by atoms with Crippen molar-refractivity contribution in [1.82, 2.24) is 4.31 Å². The number of hydrogen-bond donors (Lipinski definition) is 0. The lowest BCUT2D eigenvalue weighted by Gasteiger charge is -2.27. The van der Waals surface area contributed by atoms with Gasteiger partial charge in [0.05, 0.1) is 5.69 Å². The summed E-state index contributed by atoms with van der Waals surface area (Å²) in [7, 11) is -0.295. The number of nitrogens with zero attached hydrogens (tertiary/aromatic N) is 2. The van der Waals surface area contributed by atoms with E-state index in [4.69, 9.17) is 0 Å². The molecule has 1 aromatic rings. The molecule has 0 aliphatic rings. The zero-order valence-corrected chi connectivity index (χ0v) is 14.7. The lowest BCUT2D eigenvalue weighted by molar-refractivity contribution is 0.520. The van der Waals surface area contributed by atoms with Crippen LogP contribution in [0.4, 0.5) is 5.69 Å². The first-order chi connectivity index (χ1) is 9.45. The fourth-order valence-corrected chi connectivity index (χ4v) is 3.47. The summed E-state index contributed by atoms with van der Waals surface area (Å²) < 4.78 is 26.1. The van der Waals surface area contributed by atoms with Crippen molar-refractivity contribution in [1.29, 1.82) is 0 Å². The molecule has 4 nitrogen and oxygen atoms in total. The minimum Gasteiger partial charge on any atom is -0.370 e. The standard InChI is InChI=1S/C14H23BrN2O2S/c1-4-5-11-17(12-10-15)13-8-6-7-9-14(13)20(18,19)16(2)3/h6-9H,4-5,10-12H2,1-3H3. The molecule has 0 amide bonds. The summed E-state index contributed by atoms with van der Waals surface area (Å²) in [6.07, 6.45) is 2.13. The summed E-state index contributed by atoms with van der Waals surface area (Å²) in [5.74, 6) is 0. The van der Waals surface area contributed by atoms with E-state index in [2.05, 4.69) is 27.8 Å². The maximum atomic E-state index is 12.4. The van der Waals surface area contributed by atoms with Gasteiger partial charge in [-0.25, -0.2) is 12.7 Å². The molecule has 20 heavy (non-hydrogen) atoms. The van der Waals surface area contributed by atoms with Crippen LogP contribution in [0.5, 0.6) is 0 Å². The Kier molecular flexibility index (Phi) is 6.99. The Morgan fingerprint density at radius 2 is 1.80 bits per heavy atom. The molecular formula is C14H23BrN2O2S. The van der Waals surface area contributed by atoms with E-state index < -0.39 is 10.0 Å². The second-order valence-electron chi connectivity index (χ2n) is 4.78. The number of hydrogen-bond acceptors (Lipinski definition) is 3. The van der Waals surface area contributed by atoms with Crippen molar-refractivity contribution < 1.29 is 8.42 Å². The largest absolute Gasteiger partial charge is 0.370 e. The van der Waals surface area contributed by atoms with Crippen LogP contribution in [-0.2, 0) is 10.0 Å². The molecule has 0 radical (unpaired) electrons. The zero-order chi connectivity index (χ0) is 15.2. The molecule has 0 heterocycles. The highest BCUT2D eigenvalue weighted by atomic mass is 79.9. The van der Waals surface area contributed by atoms with Gasteiger partial charge < -0.3 is 4.90 Å². The second kappa shape index (κ2) is 8.00. The van der Waals surface area contributed by atoms with Crippen molar-refractivity contribution in [2.24, 2.45) is 0 Å². The molecular weight excluding hydrogens is 340 g/mol. The number of benzene rings is 1. The number of sulfonamides is 1. The maximum Gasteiger partial charge on any atom is 0.244 e. The molecule has 1 rings (SSSR count). The Hall–Kier alpha value is -0.590. The molecule has 0 aliphatic carbocycles. The van der Waals surface area contributed by atoms with Gasteiger partial charge in [0.2, 0.25) is 10.0 Å². The third-order valence-corrected chi connectivity index (χ3v) is 5.32. The van der Waals surface area contributed by atoms with Crippen molar-refractivity contribution in [2.45, 2.75) is 24.7 Å². The zero-order valence-electron chi connectivity index (χ0n) is 12.3. The van der Waals surface area contributed by atoms with Crippen molar-refractivity contribution in [3.63, 3.8) is 0 Å². The molecule has 0 bridgehead atoms. The van der Waals surface area contributed by atoms with E-state index in [1.165, 1.54) is 4.31 Å². The first kappa shape index (κ1) is 17.5. The topological polar surface area (TPSA) is 40.6 Å². The highest BCUT2D eigenvalue weighted by Crippen LogP contribution is 2.27. The summed E-state index contributed by atoms with van der Waals surface area (Å²) >= 11 is 3.44. The van der Waals surface area contributed by atoms with Crippen LogP contribution in [0, 0.1) is 0 Å². The number of halogens is 1. The lowest BCUT2D eigenvalue weighted by atomic mass is 10.2. The number of para-hydroxylation sites is 1. The predicted octanol–water partition coefficient (Wildman–Crippen LogP) is 2.94. The van der Waals surface area contributed by atoms with Gasteiger partial charge in [0.1, 0.15) is 4.90 Å². The number of unbranched alkanes of at least 4 members (excludes halogenated alkanes) is 1. The summed E-state index contributed by atoms with van der Waals surface area (Å²) in [5, 5.41) is 0.813. The minimum atomic E-state index is -3.42. The van der Waals surface area contributed by atoms with Crippen molar-refractivity contribution >= 4 is 31.6 Å². The van der Waals surface area contributed by atoms with Gasteiger partial charge in [-0.1, -0.05) is 41.4 Å². The third kappa shape index (κ3) is 4.20. The summed E-state index contributed by atoms with van der Waals surface area (Å²) in [4.78, 5) is 2.51. The predicted molar refractivity (Wildman–Crippen MR) is 88.2 cm³/mol. The van der Waals surface area contributed by atoms with E-state index in [1.807, 2.05) is 12.1 Å². The first-order valence-electron chi connectivity index (χ1n) is 6.77. The smallest absolute Gasteiger partial charge is 0.244 e. The highest BCUT2D eigenvalue weighted by Gasteiger charge is 2.23. The van der Waals surface area contributed by atoms with Crippen LogP contribution >= 0.6 is 15.9 Å². The number of alkyl halides is 1. The Morgan fingerprint density at radius 3 is 2.35 bits per heavy atom. The van der Waals surface area contributed by atoms with Crippen LogP contribution in [0.1, 0.15) is 19.8 Å². The first-order valence-corrected chi connectivity index (χ1v) is 9.33. The molecule has 0 N–H and O–H groups in total. The Morgan fingerprint density at radius 1 is 1.15 bits per heavy atom. The maximum absolute atomic E-state index is 12.4. The average Bonchev–Trinajstić information content (AvgIpc) is 2.43. The van der Waals surface area contributed by atoms with Gasteiger partial charge in [0, 0.05) is 32.5 Å².